The number of rotatable bonds is 5. The molecule has 1 aromatic heterocycles. The molecule has 0 aliphatic carbocycles. The molecular formula is C25H25N5O3S. The second-order valence-electron chi connectivity index (χ2n) is 8.44. The van der Waals surface area contributed by atoms with Crippen LogP contribution in [0.5, 0.6) is 0 Å². The highest BCUT2D eigenvalue weighted by Crippen LogP contribution is 2.33. The summed E-state index contributed by atoms with van der Waals surface area (Å²) < 4.78 is 0. The van der Waals surface area contributed by atoms with Crippen LogP contribution < -0.4 is 10.2 Å². The van der Waals surface area contributed by atoms with Gasteiger partial charge in [-0.15, -0.1) is 0 Å². The van der Waals surface area contributed by atoms with Gasteiger partial charge in [0.1, 0.15) is 0 Å². The van der Waals surface area contributed by atoms with Crippen molar-refractivity contribution in [1.82, 2.24) is 20.4 Å². The second-order valence-corrected chi connectivity index (χ2v) is 9.46. The number of carbonyl (C=O) groups is 2. The molecule has 34 heavy (non-hydrogen) atoms. The molecule has 5 rings (SSSR count). The lowest BCUT2D eigenvalue weighted by Crippen LogP contribution is -2.47. The van der Waals surface area contributed by atoms with Gasteiger partial charge in [0.25, 0.3) is 11.1 Å². The first kappa shape index (κ1) is 22.5. The third kappa shape index (κ3) is 4.54. The minimum absolute atomic E-state index is 0.199. The van der Waals surface area contributed by atoms with Crippen molar-refractivity contribution in [2.45, 2.75) is 6.92 Å². The van der Waals surface area contributed by atoms with Crippen molar-refractivity contribution in [3.8, 4) is 11.1 Å². The van der Waals surface area contributed by atoms with Gasteiger partial charge < -0.3 is 10.0 Å². The molecule has 2 N–H and O–H groups in total. The van der Waals surface area contributed by atoms with Crippen LogP contribution in [0.1, 0.15) is 11.1 Å². The third-order valence-corrected chi connectivity index (χ3v) is 7.05. The number of imide groups is 1. The number of aliphatic hydroxyl groups is 1. The predicted octanol–water partition coefficient (Wildman–Crippen LogP) is 3.04. The summed E-state index contributed by atoms with van der Waals surface area (Å²) in [6, 6.07) is 12.2. The number of nitrogens with one attached hydrogen (secondary N) is 1. The molecule has 2 aliphatic heterocycles. The molecule has 3 aromatic rings. The molecule has 2 fully saturated rings. The van der Waals surface area contributed by atoms with Crippen molar-refractivity contribution >= 4 is 45.6 Å². The maximum atomic E-state index is 11.9. The van der Waals surface area contributed by atoms with Gasteiger partial charge in [-0.25, -0.2) is 0 Å². The van der Waals surface area contributed by atoms with E-state index < -0.39 is 0 Å². The molecule has 2 aliphatic rings. The summed E-state index contributed by atoms with van der Waals surface area (Å²) in [4.78, 5) is 28.5. The van der Waals surface area contributed by atoms with Crippen LogP contribution in [0.15, 0.2) is 47.5 Å². The van der Waals surface area contributed by atoms with Gasteiger partial charge in [0.2, 0.25) is 0 Å². The Balaban J connectivity index is 1.45. The molecule has 2 saturated heterocycles. The average molecular weight is 476 g/mol. The molecule has 0 atom stereocenters. The lowest BCUT2D eigenvalue weighted by atomic mass is 9.98. The average Bonchev–Trinajstić information content (AvgIpc) is 3.15. The van der Waals surface area contributed by atoms with Gasteiger partial charge in [0, 0.05) is 49.4 Å². The van der Waals surface area contributed by atoms with Crippen LogP contribution in [0.2, 0.25) is 0 Å². The number of carbonyl (C=O) groups excluding carboxylic acids is 2. The van der Waals surface area contributed by atoms with Crippen LogP contribution in [0.3, 0.4) is 0 Å². The fraction of sp³-hybridized carbons (Fsp3) is 0.280. The zero-order valence-electron chi connectivity index (χ0n) is 18.8. The van der Waals surface area contributed by atoms with E-state index in [-0.39, 0.29) is 17.8 Å². The quantitative estimate of drug-likeness (QED) is 0.544. The van der Waals surface area contributed by atoms with E-state index >= 15 is 0 Å². The van der Waals surface area contributed by atoms with Gasteiger partial charge in [-0.2, -0.15) is 10.2 Å². The number of thioether (sulfide) groups is 1. The maximum absolute atomic E-state index is 11.9. The molecule has 0 saturated carbocycles. The Bertz CT molecular complexity index is 1300. The SMILES string of the molecule is Cc1cc(-c2cnnc3ccc(/C=C4\SC(=O)NC4=O)cc23)ccc1N1CCN(CCO)CC1. The number of anilines is 1. The highest BCUT2D eigenvalue weighted by atomic mass is 32.2. The number of benzene rings is 2. The zero-order chi connectivity index (χ0) is 23.7. The molecule has 0 unspecified atom stereocenters. The van der Waals surface area contributed by atoms with Crippen LogP contribution in [0.4, 0.5) is 10.5 Å². The summed E-state index contributed by atoms with van der Waals surface area (Å²) >= 11 is 0.908. The summed E-state index contributed by atoms with van der Waals surface area (Å²) in [6.45, 7) is 6.81. The summed E-state index contributed by atoms with van der Waals surface area (Å²) in [5.41, 5.74) is 6.01. The summed E-state index contributed by atoms with van der Waals surface area (Å²) in [6.07, 6.45) is 3.49. The highest BCUT2D eigenvalue weighted by Gasteiger charge is 2.25. The second kappa shape index (κ2) is 9.54. The first-order valence-electron chi connectivity index (χ1n) is 11.2. The van der Waals surface area contributed by atoms with E-state index in [1.165, 1.54) is 11.3 Å². The molecule has 2 aromatic carbocycles. The molecular weight excluding hydrogens is 450 g/mol. The van der Waals surface area contributed by atoms with Gasteiger partial charge >= 0.3 is 0 Å². The molecule has 0 bridgehead atoms. The largest absolute Gasteiger partial charge is 0.395 e. The first-order chi connectivity index (χ1) is 16.5. The fourth-order valence-corrected chi connectivity index (χ4v) is 5.18. The molecule has 0 radical (unpaired) electrons. The fourth-order valence-electron chi connectivity index (χ4n) is 4.50. The van der Waals surface area contributed by atoms with E-state index in [2.05, 4.69) is 50.4 Å². The number of piperazine rings is 1. The first-order valence-corrected chi connectivity index (χ1v) is 12.0. The van der Waals surface area contributed by atoms with Crippen molar-refractivity contribution in [3.05, 3.63) is 58.6 Å². The minimum Gasteiger partial charge on any atom is -0.395 e. The lowest BCUT2D eigenvalue weighted by Gasteiger charge is -2.36. The molecule has 3 heterocycles. The number of aliphatic hydroxyl groups excluding tert-OH is 1. The Morgan fingerprint density at radius 2 is 1.94 bits per heavy atom. The van der Waals surface area contributed by atoms with Gasteiger partial charge in [-0.1, -0.05) is 12.1 Å². The Morgan fingerprint density at radius 3 is 2.65 bits per heavy atom. The third-order valence-electron chi connectivity index (χ3n) is 6.24. The topological polar surface area (TPSA) is 98.7 Å². The normalized spacial score (nSPS) is 18.2. The number of nitrogens with zero attached hydrogens (tertiary/aromatic N) is 4. The minimum atomic E-state index is -0.369. The standard InChI is InChI=1S/C25H25N5O3S/c1-16-12-18(3-5-22(16)30-8-6-29(7-9-30)10-11-31)20-15-26-28-21-4-2-17(13-19(20)21)14-23-24(32)27-25(33)34-23/h2-5,12-15,31H,6-11H2,1H3,(H,27,32,33)/b23-14-. The highest BCUT2D eigenvalue weighted by molar-refractivity contribution is 8.18. The molecule has 2 amide bonds. The van der Waals surface area contributed by atoms with Crippen LogP contribution in [0.25, 0.3) is 28.1 Å². The summed E-state index contributed by atoms with van der Waals surface area (Å²) in [5.74, 6) is -0.369. The number of fused-ring (bicyclic) bond motifs is 1. The van der Waals surface area contributed by atoms with Crippen LogP contribution >= 0.6 is 11.8 Å². The number of amides is 2. The van der Waals surface area contributed by atoms with Crippen molar-refractivity contribution in [1.29, 1.82) is 0 Å². The van der Waals surface area contributed by atoms with E-state index in [0.717, 1.165) is 72.1 Å². The van der Waals surface area contributed by atoms with Crippen molar-refractivity contribution in [2.75, 3.05) is 44.2 Å². The van der Waals surface area contributed by atoms with Crippen LogP contribution in [-0.2, 0) is 4.79 Å². The number of aryl methyl sites for hydroxylation is 1. The van der Waals surface area contributed by atoms with Gasteiger partial charge in [-0.3, -0.25) is 19.8 Å². The summed E-state index contributed by atoms with van der Waals surface area (Å²) in [5, 5.41) is 20.5. The predicted molar refractivity (Wildman–Crippen MR) is 135 cm³/mol. The Kier molecular flexibility index (Phi) is 6.32. The van der Waals surface area contributed by atoms with Gasteiger partial charge in [0.15, 0.2) is 0 Å². The number of hydrogen-bond acceptors (Lipinski definition) is 8. The van der Waals surface area contributed by atoms with E-state index in [0.29, 0.717) is 4.91 Å². The monoisotopic (exact) mass is 475 g/mol. The van der Waals surface area contributed by atoms with Crippen molar-refractivity contribution in [3.63, 3.8) is 0 Å². The molecule has 0 spiro atoms. The number of hydrogen-bond donors (Lipinski definition) is 2. The maximum Gasteiger partial charge on any atom is 0.290 e. The Labute approximate surface area is 201 Å². The number of aromatic nitrogens is 2. The van der Waals surface area contributed by atoms with E-state index in [9.17, 15) is 9.59 Å². The van der Waals surface area contributed by atoms with Gasteiger partial charge in [0.05, 0.1) is 23.2 Å². The summed E-state index contributed by atoms with van der Waals surface area (Å²) in [7, 11) is 0. The van der Waals surface area contributed by atoms with Crippen molar-refractivity contribution < 1.29 is 14.7 Å². The van der Waals surface area contributed by atoms with E-state index in [4.69, 9.17) is 5.11 Å². The Hall–Kier alpha value is -3.27. The smallest absolute Gasteiger partial charge is 0.290 e. The van der Waals surface area contributed by atoms with E-state index in [1.54, 1.807) is 12.3 Å². The molecule has 8 nitrogen and oxygen atoms in total. The zero-order valence-corrected chi connectivity index (χ0v) is 19.6. The molecule has 174 valence electrons. The Morgan fingerprint density at radius 1 is 1.12 bits per heavy atom. The lowest BCUT2D eigenvalue weighted by molar-refractivity contribution is -0.115. The van der Waals surface area contributed by atoms with E-state index in [1.807, 2.05) is 18.2 Å². The molecule has 9 heteroatoms. The van der Waals surface area contributed by atoms with Crippen molar-refractivity contribution in [2.24, 2.45) is 0 Å². The van der Waals surface area contributed by atoms with Crippen LogP contribution in [-0.4, -0.2) is 70.7 Å². The van der Waals surface area contributed by atoms with Gasteiger partial charge in [-0.05, 0) is 65.7 Å². The van der Waals surface area contributed by atoms with Crippen LogP contribution in [0, 0.1) is 6.92 Å². The number of β-amino-alcohol motifs (C(OH)–C–C–N with tert-alkyl or cyclic N) is 1.